The van der Waals surface area contributed by atoms with Crippen LogP contribution in [-0.4, -0.2) is 25.1 Å². The lowest BCUT2D eigenvalue weighted by Gasteiger charge is -2.13. The molecule has 1 amide bonds. The fraction of sp³-hybridized carbons (Fsp3) is 0.158. The summed E-state index contributed by atoms with van der Waals surface area (Å²) in [5, 5.41) is 6.14. The molecule has 0 bridgehead atoms. The van der Waals surface area contributed by atoms with Crippen molar-refractivity contribution in [3.63, 3.8) is 0 Å². The third kappa shape index (κ3) is 4.90. The molecule has 0 spiro atoms. The molecule has 2 aromatic carbocycles. The van der Waals surface area contributed by atoms with Crippen molar-refractivity contribution in [2.45, 2.75) is 6.54 Å². The molecule has 1 aromatic heterocycles. The number of ether oxygens (including phenoxy) is 2. The topological polar surface area (TPSA) is 72.5 Å². The van der Waals surface area contributed by atoms with E-state index in [9.17, 15) is 4.79 Å². The smallest absolute Gasteiger partial charge is 0.255 e. The van der Waals surface area contributed by atoms with E-state index in [1.165, 1.54) is 11.3 Å². The Morgan fingerprint density at radius 1 is 1.15 bits per heavy atom. The van der Waals surface area contributed by atoms with Gasteiger partial charge >= 0.3 is 0 Å². The average molecular weight is 404 g/mol. The molecule has 1 heterocycles. The summed E-state index contributed by atoms with van der Waals surface area (Å²) in [5.41, 5.74) is 1.98. The van der Waals surface area contributed by atoms with Gasteiger partial charge in [0.05, 0.1) is 26.5 Å². The van der Waals surface area contributed by atoms with Gasteiger partial charge in [0, 0.05) is 28.4 Å². The summed E-state index contributed by atoms with van der Waals surface area (Å²) in [6.07, 6.45) is 1.74. The molecule has 0 saturated carbocycles. The minimum absolute atomic E-state index is 0.226. The number of anilines is 2. The molecule has 140 valence electrons. The van der Waals surface area contributed by atoms with Crippen LogP contribution in [0.1, 0.15) is 15.2 Å². The van der Waals surface area contributed by atoms with Crippen LogP contribution < -0.4 is 20.1 Å². The van der Waals surface area contributed by atoms with Crippen LogP contribution in [0.5, 0.6) is 11.5 Å². The quantitative estimate of drug-likeness (QED) is 0.599. The number of benzene rings is 2. The number of rotatable bonds is 7. The first-order chi connectivity index (χ1) is 13.1. The Balaban J connectivity index is 1.68. The lowest BCUT2D eigenvalue weighted by Crippen LogP contribution is -2.12. The number of carbonyl (C=O) groups excluding carboxylic acids is 1. The summed E-state index contributed by atoms with van der Waals surface area (Å²) in [5.74, 6) is 1.03. The maximum Gasteiger partial charge on any atom is 0.255 e. The second-order valence-electron chi connectivity index (χ2n) is 5.53. The van der Waals surface area contributed by atoms with E-state index < -0.39 is 0 Å². The maximum absolute atomic E-state index is 12.4. The van der Waals surface area contributed by atoms with Crippen molar-refractivity contribution in [3.8, 4) is 11.5 Å². The molecule has 2 N–H and O–H groups in total. The SMILES string of the molecule is COc1ccc(C(=O)Nc2ccc(NCc3cnc(Cl)s3)cc2OC)cc1. The summed E-state index contributed by atoms with van der Waals surface area (Å²) in [6.45, 7) is 0.602. The van der Waals surface area contributed by atoms with Gasteiger partial charge in [0.25, 0.3) is 5.91 Å². The number of nitrogens with one attached hydrogen (secondary N) is 2. The van der Waals surface area contributed by atoms with Gasteiger partial charge in [0.2, 0.25) is 0 Å². The zero-order valence-corrected chi connectivity index (χ0v) is 16.4. The number of carbonyl (C=O) groups is 1. The summed E-state index contributed by atoms with van der Waals surface area (Å²) in [6, 6.07) is 12.4. The van der Waals surface area contributed by atoms with Crippen LogP contribution in [0.4, 0.5) is 11.4 Å². The molecule has 0 fully saturated rings. The van der Waals surface area contributed by atoms with E-state index in [2.05, 4.69) is 15.6 Å². The van der Waals surface area contributed by atoms with Crippen LogP contribution in [0.15, 0.2) is 48.7 Å². The van der Waals surface area contributed by atoms with Gasteiger partial charge in [0.15, 0.2) is 4.47 Å². The molecule has 0 aliphatic rings. The van der Waals surface area contributed by atoms with Crippen LogP contribution in [0, 0.1) is 0 Å². The number of methoxy groups -OCH3 is 2. The Morgan fingerprint density at radius 2 is 1.93 bits per heavy atom. The van der Waals surface area contributed by atoms with Gasteiger partial charge in [-0.25, -0.2) is 4.98 Å². The van der Waals surface area contributed by atoms with Crippen LogP contribution in [0.3, 0.4) is 0 Å². The number of nitrogens with zero attached hydrogens (tertiary/aromatic N) is 1. The molecule has 0 aliphatic heterocycles. The summed E-state index contributed by atoms with van der Waals surface area (Å²) < 4.78 is 11.0. The highest BCUT2D eigenvalue weighted by Gasteiger charge is 2.11. The molecule has 3 rings (SSSR count). The van der Waals surface area contributed by atoms with Crippen molar-refractivity contribution in [3.05, 3.63) is 63.6 Å². The highest BCUT2D eigenvalue weighted by molar-refractivity contribution is 7.15. The molecular formula is C19H18ClN3O3S. The third-order valence-corrected chi connectivity index (χ3v) is 4.91. The molecule has 0 unspecified atom stereocenters. The normalized spacial score (nSPS) is 10.3. The number of aromatic nitrogens is 1. The maximum atomic E-state index is 12.4. The van der Waals surface area contributed by atoms with Gasteiger partial charge in [0.1, 0.15) is 11.5 Å². The predicted octanol–water partition coefficient (Wildman–Crippen LogP) is 4.68. The zero-order valence-electron chi connectivity index (χ0n) is 14.8. The second-order valence-corrected chi connectivity index (χ2v) is 7.23. The average Bonchev–Trinajstić information content (AvgIpc) is 3.12. The minimum Gasteiger partial charge on any atom is -0.497 e. The van der Waals surface area contributed by atoms with Crippen molar-refractivity contribution in [2.75, 3.05) is 24.9 Å². The lowest BCUT2D eigenvalue weighted by molar-refractivity contribution is 0.102. The van der Waals surface area contributed by atoms with Crippen LogP contribution in [0.25, 0.3) is 0 Å². The molecule has 0 radical (unpaired) electrons. The number of thiazole rings is 1. The Kier molecular flexibility index (Phi) is 6.16. The van der Waals surface area contributed by atoms with Gasteiger partial charge in [-0.1, -0.05) is 11.6 Å². The molecule has 0 atom stereocenters. The van der Waals surface area contributed by atoms with Crippen molar-refractivity contribution in [2.24, 2.45) is 0 Å². The van der Waals surface area contributed by atoms with E-state index in [0.29, 0.717) is 33.8 Å². The molecular weight excluding hydrogens is 386 g/mol. The first-order valence-electron chi connectivity index (χ1n) is 8.06. The fourth-order valence-electron chi connectivity index (χ4n) is 2.40. The fourth-order valence-corrected chi connectivity index (χ4v) is 3.31. The Bertz CT molecular complexity index is 928. The van der Waals surface area contributed by atoms with Gasteiger partial charge < -0.3 is 20.1 Å². The molecule has 3 aromatic rings. The van der Waals surface area contributed by atoms with E-state index in [1.54, 1.807) is 50.7 Å². The van der Waals surface area contributed by atoms with Crippen LogP contribution in [-0.2, 0) is 6.54 Å². The van der Waals surface area contributed by atoms with Crippen molar-refractivity contribution in [1.82, 2.24) is 4.98 Å². The number of amides is 1. The van der Waals surface area contributed by atoms with Crippen molar-refractivity contribution < 1.29 is 14.3 Å². The first-order valence-corrected chi connectivity index (χ1v) is 9.26. The highest BCUT2D eigenvalue weighted by atomic mass is 35.5. The van der Waals surface area contributed by atoms with E-state index in [4.69, 9.17) is 21.1 Å². The molecule has 27 heavy (non-hydrogen) atoms. The Hall–Kier alpha value is -2.77. The largest absolute Gasteiger partial charge is 0.497 e. The van der Waals surface area contributed by atoms with E-state index in [-0.39, 0.29) is 5.91 Å². The van der Waals surface area contributed by atoms with Crippen molar-refractivity contribution in [1.29, 1.82) is 0 Å². The van der Waals surface area contributed by atoms with Gasteiger partial charge in [-0.15, -0.1) is 11.3 Å². The second kappa shape index (κ2) is 8.75. The van der Waals surface area contributed by atoms with Gasteiger partial charge in [-0.05, 0) is 36.4 Å². The van der Waals surface area contributed by atoms with Crippen LogP contribution >= 0.6 is 22.9 Å². The molecule has 8 heteroatoms. The molecule has 0 aliphatic carbocycles. The number of hydrogen-bond donors (Lipinski definition) is 2. The van der Waals surface area contributed by atoms with E-state index >= 15 is 0 Å². The zero-order chi connectivity index (χ0) is 19.2. The standard InChI is InChI=1S/C19H18ClN3O3S/c1-25-14-6-3-12(4-7-14)18(24)23-16-8-5-13(9-17(16)26-2)21-10-15-11-22-19(20)27-15/h3-9,11,21H,10H2,1-2H3,(H,23,24). The Morgan fingerprint density at radius 3 is 2.56 bits per heavy atom. The number of halogens is 1. The van der Waals surface area contributed by atoms with Gasteiger partial charge in [-0.3, -0.25) is 4.79 Å². The Labute approximate surface area is 166 Å². The summed E-state index contributed by atoms with van der Waals surface area (Å²) >= 11 is 7.26. The first kappa shape index (κ1) is 19.0. The highest BCUT2D eigenvalue weighted by Crippen LogP contribution is 2.29. The number of hydrogen-bond acceptors (Lipinski definition) is 6. The van der Waals surface area contributed by atoms with E-state index in [0.717, 1.165) is 10.6 Å². The molecule has 6 nitrogen and oxygen atoms in total. The lowest BCUT2D eigenvalue weighted by atomic mass is 10.2. The molecule has 0 saturated heterocycles. The third-order valence-electron chi connectivity index (χ3n) is 3.79. The van der Waals surface area contributed by atoms with E-state index in [1.807, 2.05) is 12.1 Å². The van der Waals surface area contributed by atoms with Gasteiger partial charge in [-0.2, -0.15) is 0 Å². The van der Waals surface area contributed by atoms with Crippen molar-refractivity contribution >= 4 is 40.2 Å². The summed E-state index contributed by atoms with van der Waals surface area (Å²) in [7, 11) is 3.14. The monoisotopic (exact) mass is 403 g/mol. The predicted molar refractivity (Wildman–Crippen MR) is 108 cm³/mol. The van der Waals surface area contributed by atoms with Crippen LogP contribution in [0.2, 0.25) is 4.47 Å². The minimum atomic E-state index is -0.226. The summed E-state index contributed by atoms with van der Waals surface area (Å²) in [4.78, 5) is 17.5.